The molecule has 0 spiro atoms. The molecule has 1 unspecified atom stereocenters. The number of aromatic amines is 1. The van der Waals surface area contributed by atoms with Gasteiger partial charge >= 0.3 is 11.9 Å². The summed E-state index contributed by atoms with van der Waals surface area (Å²) < 4.78 is 31.0. The van der Waals surface area contributed by atoms with Gasteiger partial charge in [-0.25, -0.2) is 14.2 Å². The van der Waals surface area contributed by atoms with Gasteiger partial charge in [-0.1, -0.05) is 35.8 Å². The highest BCUT2D eigenvalue weighted by molar-refractivity contribution is 9.10. The molecule has 0 aliphatic carbocycles. The molecule has 2 atom stereocenters. The Morgan fingerprint density at radius 2 is 2.13 bits per heavy atom. The van der Waals surface area contributed by atoms with Crippen LogP contribution in [0.15, 0.2) is 45.3 Å². The zero-order chi connectivity index (χ0) is 27.2. The summed E-state index contributed by atoms with van der Waals surface area (Å²) in [5, 5.41) is 10.0. The summed E-state index contributed by atoms with van der Waals surface area (Å²) >= 11 is 3.42. The van der Waals surface area contributed by atoms with E-state index in [1.54, 1.807) is 26.8 Å². The zero-order valence-corrected chi connectivity index (χ0v) is 23.0. The fourth-order valence-electron chi connectivity index (χ4n) is 4.14. The van der Waals surface area contributed by atoms with Crippen molar-refractivity contribution >= 4 is 33.7 Å². The highest BCUT2D eigenvalue weighted by Gasteiger charge is 2.35. The van der Waals surface area contributed by atoms with E-state index in [0.717, 1.165) is 0 Å². The maximum Gasteiger partial charge on any atom is 0.338 e. The number of rotatable bonds is 9. The molecule has 1 saturated heterocycles. The number of aromatic nitrogens is 3. The van der Waals surface area contributed by atoms with E-state index in [0.29, 0.717) is 59.2 Å². The number of nitrogens with one attached hydrogen (secondary N) is 2. The molecule has 0 saturated carbocycles. The standard InChI is InChI=1S/C25H30BrFN6O5/c1-4-36-25(35)20-19(11-33-7-8-37-16(10-33)12-38-24(34)14(2)3)30-23(22-28-13-29-32-22)31-21(20)17-6-5-15(27)9-18(17)26/h5-6,9,13-14,16,21H,4,7-8,10-12H2,1-3H3,(H,30,31)(H,28,29,32)/t16-,21?/m1/s1. The van der Waals surface area contributed by atoms with Crippen LogP contribution in [0.5, 0.6) is 0 Å². The van der Waals surface area contributed by atoms with Crippen molar-refractivity contribution in [3.63, 3.8) is 0 Å². The first kappa shape index (κ1) is 27.9. The molecule has 2 N–H and O–H groups in total. The van der Waals surface area contributed by atoms with Crippen molar-refractivity contribution in [2.75, 3.05) is 39.5 Å². The molecular formula is C25H30BrFN6O5. The molecule has 38 heavy (non-hydrogen) atoms. The van der Waals surface area contributed by atoms with Crippen LogP contribution in [0.1, 0.15) is 38.2 Å². The first-order chi connectivity index (χ1) is 18.3. The molecular weight excluding hydrogens is 563 g/mol. The van der Waals surface area contributed by atoms with E-state index < -0.39 is 17.8 Å². The molecule has 1 fully saturated rings. The Balaban J connectivity index is 1.67. The second-order valence-electron chi connectivity index (χ2n) is 9.12. The topological polar surface area (TPSA) is 131 Å². The number of esters is 2. The largest absolute Gasteiger partial charge is 0.463 e. The maximum absolute atomic E-state index is 13.9. The number of morpholine rings is 1. The number of halogens is 2. The fraction of sp³-hybridized carbons (Fsp3) is 0.480. The SMILES string of the molecule is CCOC(=O)C1=C(CN2CCO[C@@H](COC(=O)C(C)C)C2)NC(c2nc[nH]n2)=NC1c1ccc(F)cc1Br. The van der Waals surface area contributed by atoms with Gasteiger partial charge in [0.1, 0.15) is 30.9 Å². The molecule has 1 aromatic heterocycles. The summed E-state index contributed by atoms with van der Waals surface area (Å²) in [6.45, 7) is 7.41. The molecule has 0 amide bonds. The summed E-state index contributed by atoms with van der Waals surface area (Å²) in [4.78, 5) is 36.3. The lowest BCUT2D eigenvalue weighted by Crippen LogP contribution is -2.48. The third kappa shape index (κ3) is 6.63. The summed E-state index contributed by atoms with van der Waals surface area (Å²) in [7, 11) is 0. The van der Waals surface area contributed by atoms with Gasteiger partial charge in [-0.3, -0.25) is 19.8 Å². The number of hydrogen-bond donors (Lipinski definition) is 2. The summed E-state index contributed by atoms with van der Waals surface area (Å²) in [6, 6.07) is 3.42. The first-order valence-electron chi connectivity index (χ1n) is 12.3. The Morgan fingerprint density at radius 3 is 2.82 bits per heavy atom. The molecule has 2 aliphatic rings. The summed E-state index contributed by atoms with van der Waals surface area (Å²) in [6.07, 6.45) is 1.11. The third-order valence-corrected chi connectivity index (χ3v) is 6.68. The molecule has 2 aliphatic heterocycles. The second-order valence-corrected chi connectivity index (χ2v) is 9.97. The molecule has 2 aromatic rings. The third-order valence-electron chi connectivity index (χ3n) is 5.99. The summed E-state index contributed by atoms with van der Waals surface area (Å²) in [5.41, 5.74) is 1.44. The van der Waals surface area contributed by atoms with E-state index in [1.165, 1.54) is 18.5 Å². The molecule has 11 nitrogen and oxygen atoms in total. The highest BCUT2D eigenvalue weighted by atomic mass is 79.9. The molecule has 1 aromatic carbocycles. The minimum Gasteiger partial charge on any atom is -0.463 e. The number of ether oxygens (including phenoxy) is 3. The number of aliphatic imine (C=N–C) groups is 1. The normalized spacial score (nSPS) is 20.2. The van der Waals surface area contributed by atoms with Gasteiger partial charge in [0.05, 0.1) is 24.7 Å². The Morgan fingerprint density at radius 1 is 1.32 bits per heavy atom. The van der Waals surface area contributed by atoms with Crippen LogP contribution in [0.3, 0.4) is 0 Å². The van der Waals surface area contributed by atoms with Crippen molar-refractivity contribution in [1.82, 2.24) is 25.4 Å². The number of hydrogen-bond acceptors (Lipinski definition) is 10. The average molecular weight is 593 g/mol. The van der Waals surface area contributed by atoms with Gasteiger partial charge < -0.3 is 19.5 Å². The Labute approximate surface area is 228 Å². The minimum atomic E-state index is -0.808. The minimum absolute atomic E-state index is 0.139. The molecule has 3 heterocycles. The Bertz CT molecular complexity index is 1220. The lowest BCUT2D eigenvalue weighted by atomic mass is 9.95. The van der Waals surface area contributed by atoms with Crippen LogP contribution in [0.4, 0.5) is 4.39 Å². The van der Waals surface area contributed by atoms with Crippen molar-refractivity contribution in [3.05, 3.63) is 57.5 Å². The first-order valence-corrected chi connectivity index (χ1v) is 13.1. The molecule has 13 heteroatoms. The zero-order valence-electron chi connectivity index (χ0n) is 21.4. The second kappa shape index (κ2) is 12.6. The highest BCUT2D eigenvalue weighted by Crippen LogP contribution is 2.36. The van der Waals surface area contributed by atoms with Crippen molar-refractivity contribution in [2.24, 2.45) is 10.9 Å². The van der Waals surface area contributed by atoms with Crippen molar-refractivity contribution in [3.8, 4) is 0 Å². The van der Waals surface area contributed by atoms with Gasteiger partial charge in [-0.15, -0.1) is 0 Å². The fourth-order valence-corrected chi connectivity index (χ4v) is 4.71. The van der Waals surface area contributed by atoms with Gasteiger partial charge in [-0.05, 0) is 24.6 Å². The predicted molar refractivity (Wildman–Crippen MR) is 139 cm³/mol. The summed E-state index contributed by atoms with van der Waals surface area (Å²) in [5.74, 6) is -0.807. The number of amidine groups is 1. The van der Waals surface area contributed by atoms with E-state index in [1.807, 2.05) is 0 Å². The van der Waals surface area contributed by atoms with Gasteiger partial charge in [-0.2, -0.15) is 5.10 Å². The quantitative estimate of drug-likeness (QED) is 0.421. The van der Waals surface area contributed by atoms with E-state index >= 15 is 0 Å². The number of nitrogens with zero attached hydrogens (tertiary/aromatic N) is 4. The molecule has 0 bridgehead atoms. The number of benzene rings is 1. The van der Waals surface area contributed by atoms with Crippen LogP contribution in [-0.2, 0) is 23.8 Å². The maximum atomic E-state index is 13.9. The molecule has 0 radical (unpaired) electrons. The van der Waals surface area contributed by atoms with Gasteiger partial charge in [0.25, 0.3) is 0 Å². The average Bonchev–Trinajstić information content (AvgIpc) is 3.42. The van der Waals surface area contributed by atoms with Crippen molar-refractivity contribution in [2.45, 2.75) is 32.9 Å². The van der Waals surface area contributed by atoms with Crippen LogP contribution in [0.2, 0.25) is 0 Å². The van der Waals surface area contributed by atoms with Crippen LogP contribution >= 0.6 is 15.9 Å². The lowest BCUT2D eigenvalue weighted by molar-refractivity contribution is -0.154. The van der Waals surface area contributed by atoms with E-state index in [9.17, 15) is 14.0 Å². The van der Waals surface area contributed by atoms with E-state index in [4.69, 9.17) is 19.2 Å². The monoisotopic (exact) mass is 592 g/mol. The number of carbonyl (C=O) groups excluding carboxylic acids is 2. The van der Waals surface area contributed by atoms with Gasteiger partial charge in [0, 0.05) is 29.8 Å². The van der Waals surface area contributed by atoms with Crippen LogP contribution in [-0.4, -0.2) is 83.4 Å². The molecule has 204 valence electrons. The van der Waals surface area contributed by atoms with E-state index in [-0.39, 0.29) is 31.2 Å². The predicted octanol–water partition coefficient (Wildman–Crippen LogP) is 2.51. The smallest absolute Gasteiger partial charge is 0.338 e. The Hall–Kier alpha value is -3.16. The van der Waals surface area contributed by atoms with Crippen LogP contribution in [0.25, 0.3) is 0 Å². The lowest BCUT2D eigenvalue weighted by Gasteiger charge is -2.35. The van der Waals surface area contributed by atoms with Crippen molar-refractivity contribution < 1.29 is 28.2 Å². The van der Waals surface area contributed by atoms with E-state index in [2.05, 4.69) is 41.3 Å². The van der Waals surface area contributed by atoms with Gasteiger partial charge in [0.2, 0.25) is 5.82 Å². The van der Waals surface area contributed by atoms with Crippen LogP contribution in [0, 0.1) is 11.7 Å². The van der Waals surface area contributed by atoms with Crippen LogP contribution < -0.4 is 5.32 Å². The Kier molecular flexibility index (Phi) is 9.23. The number of carbonyl (C=O) groups is 2. The van der Waals surface area contributed by atoms with Crippen molar-refractivity contribution in [1.29, 1.82) is 0 Å². The molecule has 4 rings (SSSR count). The number of H-pyrrole nitrogens is 1. The van der Waals surface area contributed by atoms with Gasteiger partial charge in [0.15, 0.2) is 5.84 Å².